The molecule has 2 aromatic heterocycles. The predicted molar refractivity (Wildman–Crippen MR) is 136 cm³/mol. The van der Waals surface area contributed by atoms with E-state index in [2.05, 4.69) is 38.2 Å². The summed E-state index contributed by atoms with van der Waals surface area (Å²) >= 11 is 2.19. The number of hydrogen-bond acceptors (Lipinski definition) is 10. The van der Waals surface area contributed by atoms with E-state index in [0.29, 0.717) is 29.3 Å². The average molecular weight is 528 g/mol. The number of nitrogens with zero attached hydrogens (tertiary/aromatic N) is 3. The van der Waals surface area contributed by atoms with E-state index in [1.54, 1.807) is 11.6 Å². The van der Waals surface area contributed by atoms with Crippen molar-refractivity contribution in [2.75, 3.05) is 23.1 Å². The van der Waals surface area contributed by atoms with Crippen molar-refractivity contribution in [2.24, 2.45) is 22.8 Å². The van der Waals surface area contributed by atoms with Crippen molar-refractivity contribution in [3.05, 3.63) is 35.9 Å². The molecule has 2 atom stereocenters. The van der Waals surface area contributed by atoms with E-state index in [1.165, 1.54) is 29.8 Å². The van der Waals surface area contributed by atoms with Gasteiger partial charge in [0.1, 0.15) is 22.0 Å². The number of halogens is 1. The molecule has 0 saturated heterocycles. The zero-order valence-electron chi connectivity index (χ0n) is 19.3. The summed E-state index contributed by atoms with van der Waals surface area (Å²) in [6.07, 6.45) is 4.53. The molecule has 0 amide bonds. The molecule has 3 rings (SSSR count). The summed E-state index contributed by atoms with van der Waals surface area (Å²) in [5, 5.41) is 5.69. The Morgan fingerprint density at radius 1 is 1.26 bits per heavy atom. The Kier molecular flexibility index (Phi) is 8.57. The zero-order chi connectivity index (χ0) is 24.9. The van der Waals surface area contributed by atoms with Crippen LogP contribution < -0.4 is 21.5 Å². The highest BCUT2D eigenvalue weighted by atomic mass is 32.2. The van der Waals surface area contributed by atoms with Gasteiger partial charge in [-0.25, -0.2) is 22.8 Å². The standard InChI is InChI=1S/C21H30FN7O2S3/c1-13(24)14(10-21(2,3)4-5-23)11-26-17-9-16(22)18(8-15(17)19-25-6-7-32-19)34(30,31)29-20-27-12-28-33-20/h6-9,12-14,26H,4-5,10-11,23-24H2,1-3H3,(H,27,28,29). The van der Waals surface area contributed by atoms with Gasteiger partial charge in [-0.05, 0) is 49.8 Å². The van der Waals surface area contributed by atoms with Gasteiger partial charge in [0.15, 0.2) is 0 Å². The number of benzene rings is 1. The van der Waals surface area contributed by atoms with Gasteiger partial charge in [0, 0.05) is 46.9 Å². The Labute approximate surface area is 207 Å². The molecular weight excluding hydrogens is 497 g/mol. The number of thiazole rings is 1. The minimum Gasteiger partial charge on any atom is -0.384 e. The van der Waals surface area contributed by atoms with Crippen molar-refractivity contribution >= 4 is 43.7 Å². The van der Waals surface area contributed by atoms with Crippen LogP contribution in [0.25, 0.3) is 10.6 Å². The topological polar surface area (TPSA) is 149 Å². The summed E-state index contributed by atoms with van der Waals surface area (Å²) in [5.41, 5.74) is 13.0. The van der Waals surface area contributed by atoms with Gasteiger partial charge in [0.2, 0.25) is 5.13 Å². The highest BCUT2D eigenvalue weighted by Gasteiger charge is 2.27. The molecule has 2 unspecified atom stereocenters. The first-order valence-electron chi connectivity index (χ1n) is 10.7. The average Bonchev–Trinajstić information content (AvgIpc) is 3.44. The van der Waals surface area contributed by atoms with Gasteiger partial charge in [-0.15, -0.1) is 11.3 Å². The van der Waals surface area contributed by atoms with Crippen LogP contribution in [0.2, 0.25) is 0 Å². The Balaban J connectivity index is 1.92. The Morgan fingerprint density at radius 2 is 2.03 bits per heavy atom. The molecule has 2 heterocycles. The second kappa shape index (κ2) is 11.0. The summed E-state index contributed by atoms with van der Waals surface area (Å²) in [7, 11) is -4.22. The normalized spacial score (nSPS) is 14.1. The SMILES string of the molecule is CC(N)C(CNc1cc(F)c(S(=O)(=O)Nc2ncns2)cc1-c1nccs1)CC(C)(C)CCN. The number of sulfonamides is 1. The lowest BCUT2D eigenvalue weighted by Crippen LogP contribution is -2.36. The third-order valence-electron chi connectivity index (χ3n) is 5.54. The molecule has 0 radical (unpaired) electrons. The maximum absolute atomic E-state index is 15.1. The van der Waals surface area contributed by atoms with Gasteiger partial charge in [0.25, 0.3) is 10.0 Å². The molecule has 0 fully saturated rings. The summed E-state index contributed by atoms with van der Waals surface area (Å²) in [4.78, 5) is 7.62. The molecule has 9 nitrogen and oxygen atoms in total. The molecule has 186 valence electrons. The minimum atomic E-state index is -4.22. The lowest BCUT2D eigenvalue weighted by molar-refractivity contribution is 0.239. The Hall–Kier alpha value is -2.19. The van der Waals surface area contributed by atoms with Crippen LogP contribution in [0.15, 0.2) is 34.9 Å². The number of anilines is 2. The van der Waals surface area contributed by atoms with Crippen molar-refractivity contribution in [2.45, 2.75) is 44.6 Å². The minimum absolute atomic E-state index is 0.00635. The van der Waals surface area contributed by atoms with Crippen molar-refractivity contribution in [3.8, 4) is 10.6 Å². The molecule has 34 heavy (non-hydrogen) atoms. The van der Waals surface area contributed by atoms with Crippen molar-refractivity contribution in [1.29, 1.82) is 0 Å². The molecule has 13 heteroatoms. The molecule has 0 bridgehead atoms. The fourth-order valence-electron chi connectivity index (χ4n) is 3.71. The second-order valence-corrected chi connectivity index (χ2v) is 12.2. The van der Waals surface area contributed by atoms with Gasteiger partial charge in [-0.2, -0.15) is 4.37 Å². The fourth-order valence-corrected chi connectivity index (χ4v) is 6.13. The summed E-state index contributed by atoms with van der Waals surface area (Å²) in [6.45, 7) is 7.33. The van der Waals surface area contributed by atoms with Crippen LogP contribution in [-0.4, -0.2) is 41.9 Å². The van der Waals surface area contributed by atoms with Crippen LogP contribution in [0.3, 0.4) is 0 Å². The van der Waals surface area contributed by atoms with Crippen LogP contribution in [0.4, 0.5) is 15.2 Å². The molecule has 1 aromatic carbocycles. The monoisotopic (exact) mass is 527 g/mol. The van der Waals surface area contributed by atoms with E-state index in [0.717, 1.165) is 24.4 Å². The second-order valence-electron chi connectivity index (χ2n) is 8.92. The van der Waals surface area contributed by atoms with Gasteiger partial charge in [0.05, 0.1) is 0 Å². The molecule has 0 aliphatic heterocycles. The summed E-state index contributed by atoms with van der Waals surface area (Å²) < 4.78 is 46.8. The quantitative estimate of drug-likeness (QED) is 0.278. The molecular formula is C21H30FN7O2S3. The first-order chi connectivity index (χ1) is 16.0. The molecule has 6 N–H and O–H groups in total. The van der Waals surface area contributed by atoms with E-state index in [9.17, 15) is 8.42 Å². The third-order valence-corrected chi connectivity index (χ3v) is 8.41. The van der Waals surface area contributed by atoms with Crippen molar-refractivity contribution in [1.82, 2.24) is 14.3 Å². The fraction of sp³-hybridized carbons (Fsp3) is 0.476. The maximum Gasteiger partial charge on any atom is 0.266 e. The predicted octanol–water partition coefficient (Wildman–Crippen LogP) is 3.74. The molecule has 0 aliphatic rings. The number of nitrogens with one attached hydrogen (secondary N) is 2. The van der Waals surface area contributed by atoms with E-state index in [4.69, 9.17) is 11.5 Å². The van der Waals surface area contributed by atoms with Gasteiger partial charge < -0.3 is 16.8 Å². The summed E-state index contributed by atoms with van der Waals surface area (Å²) in [6, 6.07) is 2.38. The number of nitrogens with two attached hydrogens (primary N) is 2. The molecule has 0 aliphatic carbocycles. The first-order valence-corrected chi connectivity index (χ1v) is 13.9. The van der Waals surface area contributed by atoms with E-state index >= 15 is 4.39 Å². The largest absolute Gasteiger partial charge is 0.384 e. The highest BCUT2D eigenvalue weighted by Crippen LogP contribution is 2.35. The Morgan fingerprint density at radius 3 is 2.62 bits per heavy atom. The van der Waals surface area contributed by atoms with E-state index < -0.39 is 20.7 Å². The maximum atomic E-state index is 15.1. The summed E-state index contributed by atoms with van der Waals surface area (Å²) in [5.74, 6) is -0.795. The third kappa shape index (κ3) is 6.69. The van der Waals surface area contributed by atoms with Crippen LogP contribution in [0.5, 0.6) is 0 Å². The molecule has 0 saturated carbocycles. The number of aromatic nitrogens is 3. The first kappa shape index (κ1) is 26.4. The van der Waals surface area contributed by atoms with Crippen LogP contribution in [0.1, 0.15) is 33.6 Å². The van der Waals surface area contributed by atoms with Crippen molar-refractivity contribution in [3.63, 3.8) is 0 Å². The van der Waals surface area contributed by atoms with E-state index in [-0.39, 0.29) is 22.5 Å². The molecule has 0 spiro atoms. The van der Waals surface area contributed by atoms with E-state index in [1.807, 2.05) is 6.92 Å². The van der Waals surface area contributed by atoms with Crippen LogP contribution in [0, 0.1) is 17.2 Å². The highest BCUT2D eigenvalue weighted by molar-refractivity contribution is 7.93. The number of rotatable bonds is 12. The zero-order valence-corrected chi connectivity index (χ0v) is 21.7. The lowest BCUT2D eigenvalue weighted by atomic mass is 9.78. The molecule has 3 aromatic rings. The van der Waals surface area contributed by atoms with Gasteiger partial charge >= 0.3 is 0 Å². The van der Waals surface area contributed by atoms with Gasteiger partial charge in [-0.1, -0.05) is 13.8 Å². The number of hydrogen-bond donors (Lipinski definition) is 4. The van der Waals surface area contributed by atoms with Crippen LogP contribution >= 0.6 is 22.9 Å². The lowest BCUT2D eigenvalue weighted by Gasteiger charge is -2.32. The Bertz CT molecular complexity index is 1170. The van der Waals surface area contributed by atoms with Crippen LogP contribution in [-0.2, 0) is 10.0 Å². The van der Waals surface area contributed by atoms with Crippen molar-refractivity contribution < 1.29 is 12.8 Å². The smallest absolute Gasteiger partial charge is 0.266 e. The van der Waals surface area contributed by atoms with Gasteiger partial charge in [-0.3, -0.25) is 4.72 Å².